The van der Waals surface area contributed by atoms with Crippen molar-refractivity contribution >= 4 is 23.5 Å². The third-order valence-electron chi connectivity index (χ3n) is 4.00. The topological polar surface area (TPSA) is 44.4 Å². The zero-order valence-corrected chi connectivity index (χ0v) is 13.7. The van der Waals surface area contributed by atoms with E-state index in [9.17, 15) is 4.79 Å². The van der Waals surface area contributed by atoms with E-state index in [1.807, 2.05) is 30.5 Å². The average molecular weight is 307 g/mol. The Hall–Kier alpha value is -1.20. The van der Waals surface area contributed by atoms with E-state index in [4.69, 9.17) is 0 Å². The second-order valence-corrected chi connectivity index (χ2v) is 6.53. The largest absolute Gasteiger partial charge is 0.338 e. The maximum atomic E-state index is 11.9. The standard InChI is InChI=1S/C16H25N3OS/c1-19-10-7-13(8-11-19)6-9-17-16(20)18-14-4-3-5-15(12-14)21-2/h3-5,12-13H,6-11H2,1-2H3,(H2,17,18,20). The predicted octanol–water partition coefficient (Wildman–Crippen LogP) is 3.26. The van der Waals surface area contributed by atoms with Gasteiger partial charge in [0.15, 0.2) is 0 Å². The zero-order chi connectivity index (χ0) is 15.1. The van der Waals surface area contributed by atoms with Gasteiger partial charge >= 0.3 is 6.03 Å². The van der Waals surface area contributed by atoms with Gasteiger partial charge in [0.25, 0.3) is 0 Å². The molecule has 0 aliphatic carbocycles. The van der Waals surface area contributed by atoms with Gasteiger partial charge in [0.2, 0.25) is 0 Å². The van der Waals surface area contributed by atoms with E-state index in [2.05, 4.69) is 22.6 Å². The van der Waals surface area contributed by atoms with Crippen molar-refractivity contribution in [3.05, 3.63) is 24.3 Å². The van der Waals surface area contributed by atoms with E-state index in [0.717, 1.165) is 29.5 Å². The lowest BCUT2D eigenvalue weighted by Crippen LogP contribution is -2.34. The number of benzene rings is 1. The summed E-state index contributed by atoms with van der Waals surface area (Å²) < 4.78 is 0. The van der Waals surface area contributed by atoms with E-state index >= 15 is 0 Å². The van der Waals surface area contributed by atoms with E-state index in [0.29, 0.717) is 0 Å². The van der Waals surface area contributed by atoms with Crippen molar-refractivity contribution in [3.8, 4) is 0 Å². The summed E-state index contributed by atoms with van der Waals surface area (Å²) >= 11 is 1.67. The Morgan fingerprint density at radius 3 is 2.86 bits per heavy atom. The molecule has 5 heteroatoms. The van der Waals surface area contributed by atoms with Gasteiger partial charge in [-0.05, 0) is 69.8 Å². The minimum Gasteiger partial charge on any atom is -0.338 e. The third kappa shape index (κ3) is 5.59. The van der Waals surface area contributed by atoms with Crippen molar-refractivity contribution in [2.45, 2.75) is 24.2 Å². The molecule has 0 unspecified atom stereocenters. The van der Waals surface area contributed by atoms with E-state index in [-0.39, 0.29) is 6.03 Å². The zero-order valence-electron chi connectivity index (χ0n) is 12.9. The number of hydrogen-bond donors (Lipinski definition) is 2. The fraction of sp³-hybridized carbons (Fsp3) is 0.562. The second kappa shape index (κ2) is 8.29. The van der Waals surface area contributed by atoms with E-state index in [1.165, 1.54) is 25.9 Å². The Bertz CT molecular complexity index is 459. The summed E-state index contributed by atoms with van der Waals surface area (Å²) in [5.74, 6) is 0.751. The lowest BCUT2D eigenvalue weighted by molar-refractivity contribution is 0.211. The third-order valence-corrected chi connectivity index (χ3v) is 4.73. The van der Waals surface area contributed by atoms with Crippen LogP contribution in [0.5, 0.6) is 0 Å². The molecule has 1 aliphatic heterocycles. The summed E-state index contributed by atoms with van der Waals surface area (Å²) in [5, 5.41) is 5.85. The number of hydrogen-bond acceptors (Lipinski definition) is 3. The SMILES string of the molecule is CSc1cccc(NC(=O)NCCC2CCN(C)CC2)c1. The number of rotatable bonds is 5. The Balaban J connectivity index is 1.67. The smallest absolute Gasteiger partial charge is 0.319 e. The molecular formula is C16H25N3OS. The van der Waals surface area contributed by atoms with Crippen molar-refractivity contribution in [2.24, 2.45) is 5.92 Å². The molecule has 2 N–H and O–H groups in total. The van der Waals surface area contributed by atoms with Crippen molar-refractivity contribution in [1.29, 1.82) is 0 Å². The van der Waals surface area contributed by atoms with Crippen molar-refractivity contribution in [1.82, 2.24) is 10.2 Å². The maximum absolute atomic E-state index is 11.9. The number of thioether (sulfide) groups is 1. The molecule has 1 aromatic carbocycles. The first-order valence-electron chi connectivity index (χ1n) is 7.55. The van der Waals surface area contributed by atoms with Crippen LogP contribution in [0.2, 0.25) is 0 Å². The van der Waals surface area contributed by atoms with E-state index in [1.54, 1.807) is 11.8 Å². The van der Waals surface area contributed by atoms with E-state index < -0.39 is 0 Å². The first-order valence-corrected chi connectivity index (χ1v) is 8.77. The molecule has 2 amide bonds. The fourth-order valence-corrected chi connectivity index (χ4v) is 3.08. The molecule has 1 heterocycles. The number of nitrogens with zero attached hydrogens (tertiary/aromatic N) is 1. The molecule has 2 rings (SSSR count). The van der Waals surface area contributed by atoms with Gasteiger partial charge in [0.1, 0.15) is 0 Å². The molecule has 4 nitrogen and oxygen atoms in total. The number of anilines is 1. The summed E-state index contributed by atoms with van der Waals surface area (Å²) in [6.45, 7) is 3.11. The molecule has 116 valence electrons. The normalized spacial score (nSPS) is 16.7. The summed E-state index contributed by atoms with van der Waals surface area (Å²) in [4.78, 5) is 15.4. The van der Waals surface area contributed by atoms with Crippen LogP contribution in [-0.4, -0.2) is 43.9 Å². The number of carbonyl (C=O) groups is 1. The van der Waals surface area contributed by atoms with Crippen LogP contribution in [0, 0.1) is 5.92 Å². The summed E-state index contributed by atoms with van der Waals surface area (Å²) in [5.41, 5.74) is 0.846. The number of carbonyl (C=O) groups excluding carboxylic acids is 1. The van der Waals surface area contributed by atoms with Gasteiger partial charge in [-0.2, -0.15) is 0 Å². The fourth-order valence-electron chi connectivity index (χ4n) is 2.62. The van der Waals surface area contributed by atoms with Gasteiger partial charge in [0, 0.05) is 17.1 Å². The minimum atomic E-state index is -0.110. The summed E-state index contributed by atoms with van der Waals surface area (Å²) in [7, 11) is 2.17. The van der Waals surface area contributed by atoms with Crippen LogP contribution in [0.25, 0.3) is 0 Å². The van der Waals surface area contributed by atoms with Gasteiger partial charge < -0.3 is 15.5 Å². The maximum Gasteiger partial charge on any atom is 0.319 e. The van der Waals surface area contributed by atoms with Crippen LogP contribution in [0.1, 0.15) is 19.3 Å². The van der Waals surface area contributed by atoms with Gasteiger partial charge in [-0.3, -0.25) is 0 Å². The van der Waals surface area contributed by atoms with Crippen LogP contribution in [0.4, 0.5) is 10.5 Å². The second-order valence-electron chi connectivity index (χ2n) is 5.65. The highest BCUT2D eigenvalue weighted by Gasteiger charge is 2.16. The molecule has 21 heavy (non-hydrogen) atoms. The quantitative estimate of drug-likeness (QED) is 0.821. The first kappa shape index (κ1) is 16.2. The van der Waals surface area contributed by atoms with Crippen molar-refractivity contribution < 1.29 is 4.79 Å². The lowest BCUT2D eigenvalue weighted by Gasteiger charge is -2.28. The van der Waals surface area contributed by atoms with Crippen molar-refractivity contribution in [2.75, 3.05) is 38.3 Å². The molecule has 0 atom stereocenters. The monoisotopic (exact) mass is 307 g/mol. The van der Waals surface area contributed by atoms with Crippen LogP contribution in [-0.2, 0) is 0 Å². The number of amides is 2. The molecule has 1 aliphatic rings. The molecular weight excluding hydrogens is 282 g/mol. The highest BCUT2D eigenvalue weighted by Crippen LogP contribution is 2.20. The van der Waals surface area contributed by atoms with Crippen molar-refractivity contribution in [3.63, 3.8) is 0 Å². The van der Waals surface area contributed by atoms with Crippen LogP contribution in [0.15, 0.2) is 29.2 Å². The molecule has 0 spiro atoms. The van der Waals surface area contributed by atoms with Gasteiger partial charge in [-0.1, -0.05) is 6.07 Å². The number of nitrogens with one attached hydrogen (secondary N) is 2. The minimum absolute atomic E-state index is 0.110. The highest BCUT2D eigenvalue weighted by atomic mass is 32.2. The number of urea groups is 1. The number of piperidine rings is 1. The first-order chi connectivity index (χ1) is 10.2. The predicted molar refractivity (Wildman–Crippen MR) is 90.1 cm³/mol. The molecule has 1 fully saturated rings. The average Bonchev–Trinajstić information content (AvgIpc) is 2.49. The molecule has 0 radical (unpaired) electrons. The Morgan fingerprint density at radius 1 is 1.38 bits per heavy atom. The Kier molecular flexibility index (Phi) is 6.39. The molecule has 1 aromatic rings. The Morgan fingerprint density at radius 2 is 2.14 bits per heavy atom. The summed E-state index contributed by atoms with van der Waals surface area (Å²) in [6, 6.07) is 7.78. The van der Waals surface area contributed by atoms with Gasteiger partial charge in [0.05, 0.1) is 0 Å². The van der Waals surface area contributed by atoms with Gasteiger partial charge in [-0.25, -0.2) is 4.79 Å². The molecule has 0 bridgehead atoms. The van der Waals surface area contributed by atoms with Crippen LogP contribution >= 0.6 is 11.8 Å². The molecule has 1 saturated heterocycles. The molecule has 0 aromatic heterocycles. The van der Waals surface area contributed by atoms with Gasteiger partial charge in [-0.15, -0.1) is 11.8 Å². The Labute approximate surface area is 131 Å². The lowest BCUT2D eigenvalue weighted by atomic mass is 9.94. The number of likely N-dealkylation sites (tertiary alicyclic amines) is 1. The van der Waals surface area contributed by atoms with Crippen LogP contribution in [0.3, 0.4) is 0 Å². The summed E-state index contributed by atoms with van der Waals surface area (Å²) in [6.07, 6.45) is 5.60. The highest BCUT2D eigenvalue weighted by molar-refractivity contribution is 7.98. The van der Waals surface area contributed by atoms with Crippen LogP contribution < -0.4 is 10.6 Å². The molecule has 0 saturated carbocycles.